The lowest BCUT2D eigenvalue weighted by Gasteiger charge is -2.14. The van der Waals surface area contributed by atoms with Gasteiger partial charge < -0.3 is 9.47 Å². The van der Waals surface area contributed by atoms with Gasteiger partial charge in [-0.25, -0.2) is 21.9 Å². The highest BCUT2D eigenvalue weighted by Crippen LogP contribution is 2.25. The molecule has 0 bridgehead atoms. The van der Waals surface area contributed by atoms with Gasteiger partial charge in [0.05, 0.1) is 23.1 Å². The first kappa shape index (κ1) is 30.2. The highest BCUT2D eigenvalue weighted by atomic mass is 32.2. The van der Waals surface area contributed by atoms with Crippen LogP contribution in [-0.2, 0) is 34.3 Å². The Bertz CT molecular complexity index is 1690. The Labute approximate surface area is 243 Å². The maximum absolute atomic E-state index is 13.5. The molecule has 4 aromatic rings. The van der Waals surface area contributed by atoms with E-state index >= 15 is 0 Å². The van der Waals surface area contributed by atoms with Gasteiger partial charge in [0.1, 0.15) is 18.1 Å². The van der Waals surface area contributed by atoms with E-state index in [9.17, 15) is 22.0 Å². The van der Waals surface area contributed by atoms with Crippen molar-refractivity contribution in [1.29, 1.82) is 5.26 Å². The van der Waals surface area contributed by atoms with Crippen LogP contribution in [0.4, 0.5) is 8.78 Å². The number of aryl methyl sites for hydroxylation is 1. The fourth-order valence-electron chi connectivity index (χ4n) is 4.12. The molecule has 1 N–H and O–H groups in total. The molecule has 4 aromatic carbocycles. The zero-order valence-corrected chi connectivity index (χ0v) is 23.4. The molecule has 0 fully saturated rings. The van der Waals surface area contributed by atoms with Gasteiger partial charge in [0.2, 0.25) is 5.91 Å². The Morgan fingerprint density at radius 2 is 1.64 bits per heavy atom. The molecule has 0 saturated carbocycles. The number of halogens is 2. The average Bonchev–Trinajstić information content (AvgIpc) is 2.98. The normalized spacial score (nSPS) is 11.0. The number of hydrogen-bond acceptors (Lipinski definition) is 6. The number of carbonyl (C=O) groups excluding carboxylic acids is 1. The van der Waals surface area contributed by atoms with Crippen LogP contribution < -0.4 is 14.2 Å². The van der Waals surface area contributed by atoms with Crippen molar-refractivity contribution in [2.45, 2.75) is 37.2 Å². The molecule has 0 saturated heterocycles. The van der Waals surface area contributed by atoms with E-state index in [1.807, 2.05) is 53.3 Å². The maximum atomic E-state index is 13.5. The van der Waals surface area contributed by atoms with Gasteiger partial charge in [0, 0.05) is 12.8 Å². The van der Waals surface area contributed by atoms with Crippen molar-refractivity contribution in [1.82, 2.24) is 4.72 Å². The number of benzene rings is 4. The third-order valence-corrected chi connectivity index (χ3v) is 7.66. The second-order valence-electron chi connectivity index (χ2n) is 9.41. The van der Waals surface area contributed by atoms with Crippen LogP contribution in [-0.4, -0.2) is 20.9 Å². The topological polar surface area (TPSA) is 105 Å². The van der Waals surface area contributed by atoms with Gasteiger partial charge in [0.15, 0.2) is 11.6 Å². The second-order valence-corrected chi connectivity index (χ2v) is 11.1. The van der Waals surface area contributed by atoms with Crippen LogP contribution in [0.5, 0.6) is 11.5 Å². The van der Waals surface area contributed by atoms with Crippen molar-refractivity contribution >= 4 is 15.9 Å². The molecule has 0 aliphatic rings. The number of nitrogens with zero attached hydrogens (tertiary/aromatic N) is 1. The van der Waals surface area contributed by atoms with Crippen molar-refractivity contribution < 1.29 is 31.5 Å². The predicted octanol–water partition coefficient (Wildman–Crippen LogP) is 5.86. The SMILES string of the molecule is N#Cc1cccc(OCc2ccc(CCCC(=O)NS(=O)(=O)c3ccc(F)c(F)c3)c(OCCc3ccccc3)c2)c1. The summed E-state index contributed by atoms with van der Waals surface area (Å²) >= 11 is 0. The largest absolute Gasteiger partial charge is 0.493 e. The summed E-state index contributed by atoms with van der Waals surface area (Å²) in [5, 5.41) is 9.11. The molecule has 0 aliphatic carbocycles. The smallest absolute Gasteiger partial charge is 0.264 e. The summed E-state index contributed by atoms with van der Waals surface area (Å²) in [5.41, 5.74) is 3.28. The average molecular weight is 591 g/mol. The molecule has 0 atom stereocenters. The Morgan fingerprint density at radius 1 is 0.833 bits per heavy atom. The summed E-state index contributed by atoms with van der Waals surface area (Å²) in [4.78, 5) is 11.8. The van der Waals surface area contributed by atoms with Crippen LogP contribution in [0.1, 0.15) is 35.1 Å². The third-order valence-electron chi connectivity index (χ3n) is 6.29. The first-order valence-electron chi connectivity index (χ1n) is 13.2. The predicted molar refractivity (Wildman–Crippen MR) is 152 cm³/mol. The Balaban J connectivity index is 1.39. The zero-order chi connectivity index (χ0) is 30.0. The Kier molecular flexibility index (Phi) is 10.2. The molecule has 1 amide bonds. The monoisotopic (exact) mass is 590 g/mol. The highest BCUT2D eigenvalue weighted by Gasteiger charge is 2.19. The van der Waals surface area contributed by atoms with Crippen molar-refractivity contribution in [2.24, 2.45) is 0 Å². The first-order valence-corrected chi connectivity index (χ1v) is 14.6. The van der Waals surface area contributed by atoms with E-state index < -0.39 is 32.5 Å². The van der Waals surface area contributed by atoms with E-state index in [0.717, 1.165) is 22.8 Å². The van der Waals surface area contributed by atoms with Crippen molar-refractivity contribution in [3.63, 3.8) is 0 Å². The molecule has 4 rings (SSSR count). The molecule has 42 heavy (non-hydrogen) atoms. The number of amides is 1. The number of hydrogen-bond donors (Lipinski definition) is 1. The van der Waals surface area contributed by atoms with E-state index in [-0.39, 0.29) is 13.0 Å². The molecule has 0 radical (unpaired) electrons. The van der Waals surface area contributed by atoms with Crippen molar-refractivity contribution in [3.8, 4) is 17.6 Å². The fourth-order valence-corrected chi connectivity index (χ4v) is 5.14. The van der Waals surface area contributed by atoms with Crippen molar-refractivity contribution in [2.75, 3.05) is 6.61 Å². The van der Waals surface area contributed by atoms with Gasteiger partial charge in [-0.05, 0) is 72.0 Å². The van der Waals surface area contributed by atoms with Gasteiger partial charge in [-0.1, -0.05) is 48.5 Å². The lowest BCUT2D eigenvalue weighted by Crippen LogP contribution is -2.30. The van der Waals surface area contributed by atoms with Crippen LogP contribution in [0.3, 0.4) is 0 Å². The lowest BCUT2D eigenvalue weighted by molar-refractivity contribution is -0.119. The van der Waals surface area contributed by atoms with E-state index in [4.69, 9.17) is 14.7 Å². The summed E-state index contributed by atoms with van der Waals surface area (Å²) in [5.74, 6) is -2.10. The van der Waals surface area contributed by atoms with Crippen LogP contribution in [0.2, 0.25) is 0 Å². The van der Waals surface area contributed by atoms with Crippen LogP contribution >= 0.6 is 0 Å². The molecule has 216 valence electrons. The summed E-state index contributed by atoms with van der Waals surface area (Å²) < 4.78 is 65.3. The summed E-state index contributed by atoms with van der Waals surface area (Å²) in [6, 6.07) is 26.5. The molecular formula is C32H28F2N2O5S. The first-order chi connectivity index (χ1) is 20.2. The lowest BCUT2D eigenvalue weighted by atomic mass is 10.0. The van der Waals surface area contributed by atoms with E-state index in [1.165, 1.54) is 0 Å². The molecule has 0 unspecified atom stereocenters. The number of carbonyl (C=O) groups is 1. The molecule has 0 spiro atoms. The van der Waals surface area contributed by atoms with E-state index in [2.05, 4.69) is 6.07 Å². The summed E-state index contributed by atoms with van der Waals surface area (Å²) in [6.07, 6.45) is 1.30. The fraction of sp³-hybridized carbons (Fsp3) is 0.188. The van der Waals surface area contributed by atoms with Crippen molar-refractivity contribution in [3.05, 3.63) is 125 Å². The quantitative estimate of drug-likeness (QED) is 0.209. The molecular weight excluding hydrogens is 562 g/mol. The van der Waals surface area contributed by atoms with Gasteiger partial charge in [-0.3, -0.25) is 4.79 Å². The highest BCUT2D eigenvalue weighted by molar-refractivity contribution is 7.90. The van der Waals surface area contributed by atoms with Crippen LogP contribution in [0.15, 0.2) is 95.9 Å². The van der Waals surface area contributed by atoms with E-state index in [1.54, 1.807) is 24.3 Å². The maximum Gasteiger partial charge on any atom is 0.264 e. The summed E-state index contributed by atoms with van der Waals surface area (Å²) in [6.45, 7) is 0.660. The van der Waals surface area contributed by atoms with Gasteiger partial charge in [-0.15, -0.1) is 0 Å². The van der Waals surface area contributed by atoms with E-state index in [0.29, 0.717) is 55.1 Å². The number of ether oxygens (including phenoxy) is 2. The van der Waals surface area contributed by atoms with Gasteiger partial charge >= 0.3 is 0 Å². The minimum Gasteiger partial charge on any atom is -0.493 e. The number of nitrogens with one attached hydrogen (secondary N) is 1. The molecule has 7 nitrogen and oxygen atoms in total. The molecule has 10 heteroatoms. The third kappa shape index (κ3) is 8.62. The molecule has 0 aliphatic heterocycles. The Hall–Kier alpha value is -4.75. The van der Waals surface area contributed by atoms with Gasteiger partial charge in [0.25, 0.3) is 10.0 Å². The number of nitriles is 1. The number of rotatable bonds is 13. The molecule has 0 aromatic heterocycles. The van der Waals surface area contributed by atoms with Crippen LogP contribution in [0.25, 0.3) is 0 Å². The zero-order valence-electron chi connectivity index (χ0n) is 22.6. The number of sulfonamides is 1. The standard InChI is InChI=1S/C32H28F2N2O5S/c33-29-15-14-28(20-30(29)34)42(38,39)36-32(37)11-5-9-26-13-12-25(22-41-27-10-4-8-24(18-27)21-35)19-31(26)40-17-16-23-6-2-1-3-7-23/h1-4,6-8,10,12-15,18-20H,5,9,11,16-17,22H2,(H,36,37). The molecule has 0 heterocycles. The summed E-state index contributed by atoms with van der Waals surface area (Å²) in [7, 11) is -4.34. The van der Waals surface area contributed by atoms with Crippen LogP contribution in [0, 0.1) is 23.0 Å². The Morgan fingerprint density at radius 3 is 2.40 bits per heavy atom. The second kappa shape index (κ2) is 14.2. The van der Waals surface area contributed by atoms with Gasteiger partial charge in [-0.2, -0.15) is 5.26 Å². The minimum atomic E-state index is -4.34. The minimum absolute atomic E-state index is 0.119.